The minimum Gasteiger partial charge on any atom is -0.347 e. The van der Waals surface area contributed by atoms with Gasteiger partial charge in [-0.25, -0.2) is 0 Å². The molecule has 0 saturated heterocycles. The molecular formula is C18H17N. The summed E-state index contributed by atoms with van der Waals surface area (Å²) in [4.78, 5) is 0. The number of hydrogen-bond donors (Lipinski definition) is 0. The lowest BCUT2D eigenvalue weighted by atomic mass is 10.2. The average Bonchev–Trinajstić information content (AvgIpc) is 2.78. The van der Waals surface area contributed by atoms with E-state index in [0.717, 1.165) is 6.42 Å². The van der Waals surface area contributed by atoms with E-state index in [1.165, 1.54) is 22.2 Å². The van der Waals surface area contributed by atoms with Crippen molar-refractivity contribution in [2.75, 3.05) is 0 Å². The molecule has 94 valence electrons. The van der Waals surface area contributed by atoms with Crippen molar-refractivity contribution in [1.82, 2.24) is 4.57 Å². The van der Waals surface area contributed by atoms with E-state index in [-0.39, 0.29) is 0 Å². The van der Waals surface area contributed by atoms with Gasteiger partial charge in [0.05, 0.1) is 0 Å². The van der Waals surface area contributed by atoms with Crippen molar-refractivity contribution < 1.29 is 0 Å². The Bertz CT molecular complexity index is 705. The van der Waals surface area contributed by atoms with Crippen LogP contribution in [-0.4, -0.2) is 4.57 Å². The molecule has 3 rings (SSSR count). The first-order valence-corrected chi connectivity index (χ1v) is 6.59. The standard InChI is InChI=1S/C18H17N/c1-19-17(14-16-11-5-6-13-18(16)19)12-7-10-15-8-3-2-4-9-15/h2-11,13-14H,12H2,1H3/b10-7-. The lowest BCUT2D eigenvalue weighted by Crippen LogP contribution is -1.93. The summed E-state index contributed by atoms with van der Waals surface area (Å²) in [5.74, 6) is 0. The quantitative estimate of drug-likeness (QED) is 0.645. The predicted molar refractivity (Wildman–Crippen MR) is 82.1 cm³/mol. The second-order valence-corrected chi connectivity index (χ2v) is 4.77. The van der Waals surface area contributed by atoms with Gasteiger partial charge in [0, 0.05) is 24.7 Å². The van der Waals surface area contributed by atoms with E-state index >= 15 is 0 Å². The van der Waals surface area contributed by atoms with E-state index < -0.39 is 0 Å². The maximum atomic E-state index is 2.27. The first-order chi connectivity index (χ1) is 9.34. The Morgan fingerprint density at radius 3 is 2.47 bits per heavy atom. The van der Waals surface area contributed by atoms with E-state index in [2.05, 4.69) is 78.4 Å². The molecule has 19 heavy (non-hydrogen) atoms. The van der Waals surface area contributed by atoms with Crippen LogP contribution in [-0.2, 0) is 13.5 Å². The Labute approximate surface area is 113 Å². The molecule has 0 spiro atoms. The van der Waals surface area contributed by atoms with Crippen molar-refractivity contribution >= 4 is 17.0 Å². The van der Waals surface area contributed by atoms with Gasteiger partial charge in [0.2, 0.25) is 0 Å². The largest absolute Gasteiger partial charge is 0.347 e. The van der Waals surface area contributed by atoms with Crippen LogP contribution in [0.1, 0.15) is 11.3 Å². The summed E-state index contributed by atoms with van der Waals surface area (Å²) in [5, 5.41) is 1.31. The molecular weight excluding hydrogens is 230 g/mol. The number of allylic oxidation sites excluding steroid dienone is 1. The molecule has 0 aliphatic heterocycles. The van der Waals surface area contributed by atoms with Gasteiger partial charge >= 0.3 is 0 Å². The van der Waals surface area contributed by atoms with Gasteiger partial charge in [0.1, 0.15) is 0 Å². The summed E-state index contributed by atoms with van der Waals surface area (Å²) in [6, 6.07) is 21.2. The Kier molecular flexibility index (Phi) is 3.20. The lowest BCUT2D eigenvalue weighted by molar-refractivity contribution is 0.890. The Hall–Kier alpha value is -2.28. The van der Waals surface area contributed by atoms with Gasteiger partial charge in [-0.3, -0.25) is 0 Å². The normalized spacial score (nSPS) is 11.4. The number of aromatic nitrogens is 1. The molecule has 1 aromatic heterocycles. The zero-order valence-corrected chi connectivity index (χ0v) is 11.1. The maximum Gasteiger partial charge on any atom is 0.0479 e. The summed E-state index contributed by atoms with van der Waals surface area (Å²) < 4.78 is 2.27. The van der Waals surface area contributed by atoms with E-state index in [9.17, 15) is 0 Å². The molecule has 3 aromatic rings. The molecule has 2 aromatic carbocycles. The topological polar surface area (TPSA) is 4.93 Å². The third kappa shape index (κ3) is 2.45. The van der Waals surface area contributed by atoms with Crippen LogP contribution >= 0.6 is 0 Å². The van der Waals surface area contributed by atoms with Crippen molar-refractivity contribution in [2.24, 2.45) is 7.05 Å². The molecule has 0 saturated carbocycles. The molecule has 0 N–H and O–H groups in total. The monoisotopic (exact) mass is 247 g/mol. The van der Waals surface area contributed by atoms with Crippen LogP contribution in [0.5, 0.6) is 0 Å². The summed E-state index contributed by atoms with van der Waals surface area (Å²) >= 11 is 0. The van der Waals surface area contributed by atoms with E-state index in [0.29, 0.717) is 0 Å². The number of rotatable bonds is 3. The highest BCUT2D eigenvalue weighted by atomic mass is 14.9. The van der Waals surface area contributed by atoms with Crippen molar-refractivity contribution in [3.63, 3.8) is 0 Å². The van der Waals surface area contributed by atoms with Crippen molar-refractivity contribution in [3.8, 4) is 0 Å². The fourth-order valence-corrected chi connectivity index (χ4v) is 2.42. The third-order valence-electron chi connectivity index (χ3n) is 3.49. The van der Waals surface area contributed by atoms with E-state index in [1.807, 2.05) is 6.07 Å². The molecule has 0 fully saturated rings. The fourth-order valence-electron chi connectivity index (χ4n) is 2.42. The second-order valence-electron chi connectivity index (χ2n) is 4.77. The number of benzene rings is 2. The van der Waals surface area contributed by atoms with Crippen molar-refractivity contribution in [2.45, 2.75) is 6.42 Å². The van der Waals surface area contributed by atoms with Crippen LogP contribution in [0.2, 0.25) is 0 Å². The van der Waals surface area contributed by atoms with Gasteiger partial charge in [0.15, 0.2) is 0 Å². The number of fused-ring (bicyclic) bond motifs is 1. The molecule has 0 unspecified atom stereocenters. The van der Waals surface area contributed by atoms with Crippen molar-refractivity contribution in [3.05, 3.63) is 78.0 Å². The van der Waals surface area contributed by atoms with Crippen LogP contribution in [0.3, 0.4) is 0 Å². The summed E-state index contributed by atoms with van der Waals surface area (Å²) in [6.45, 7) is 0. The van der Waals surface area contributed by atoms with Crippen LogP contribution in [0, 0.1) is 0 Å². The average molecular weight is 247 g/mol. The van der Waals surface area contributed by atoms with E-state index in [4.69, 9.17) is 0 Å². The zero-order chi connectivity index (χ0) is 13.1. The van der Waals surface area contributed by atoms with Gasteiger partial charge in [-0.1, -0.05) is 60.7 Å². The minimum atomic E-state index is 0.958. The first-order valence-electron chi connectivity index (χ1n) is 6.59. The Morgan fingerprint density at radius 1 is 0.947 bits per heavy atom. The molecule has 0 aliphatic carbocycles. The van der Waals surface area contributed by atoms with Gasteiger partial charge in [0.25, 0.3) is 0 Å². The van der Waals surface area contributed by atoms with Crippen LogP contribution < -0.4 is 0 Å². The van der Waals surface area contributed by atoms with Gasteiger partial charge < -0.3 is 4.57 Å². The molecule has 1 heteroatoms. The molecule has 0 radical (unpaired) electrons. The van der Waals surface area contributed by atoms with Crippen LogP contribution in [0.25, 0.3) is 17.0 Å². The van der Waals surface area contributed by atoms with E-state index in [1.54, 1.807) is 0 Å². The summed E-state index contributed by atoms with van der Waals surface area (Å²) in [6.07, 6.45) is 5.36. The lowest BCUT2D eigenvalue weighted by Gasteiger charge is -2.00. The molecule has 0 amide bonds. The molecule has 0 bridgehead atoms. The zero-order valence-electron chi connectivity index (χ0n) is 11.1. The minimum absolute atomic E-state index is 0.958. The smallest absolute Gasteiger partial charge is 0.0479 e. The molecule has 1 heterocycles. The Morgan fingerprint density at radius 2 is 1.68 bits per heavy atom. The third-order valence-corrected chi connectivity index (χ3v) is 3.49. The summed E-state index contributed by atoms with van der Waals surface area (Å²) in [7, 11) is 2.13. The van der Waals surface area contributed by atoms with Crippen LogP contribution in [0.4, 0.5) is 0 Å². The number of hydrogen-bond acceptors (Lipinski definition) is 0. The highest BCUT2D eigenvalue weighted by molar-refractivity contribution is 5.81. The van der Waals surface area contributed by atoms with Gasteiger partial charge in [-0.05, 0) is 23.1 Å². The number of aryl methyl sites for hydroxylation is 1. The highest BCUT2D eigenvalue weighted by Gasteiger charge is 2.02. The van der Waals surface area contributed by atoms with Crippen LogP contribution in [0.15, 0.2) is 66.7 Å². The summed E-state index contributed by atoms with van der Waals surface area (Å²) in [5.41, 5.74) is 3.89. The second kappa shape index (κ2) is 5.15. The van der Waals surface area contributed by atoms with Crippen molar-refractivity contribution in [1.29, 1.82) is 0 Å². The molecule has 0 atom stereocenters. The fraction of sp³-hybridized carbons (Fsp3) is 0.111. The highest BCUT2D eigenvalue weighted by Crippen LogP contribution is 2.19. The Balaban J connectivity index is 1.82. The van der Waals surface area contributed by atoms with Gasteiger partial charge in [-0.2, -0.15) is 0 Å². The SMILES string of the molecule is Cn1c(C/C=C\c2ccccc2)cc2ccccc21. The van der Waals surface area contributed by atoms with Gasteiger partial charge in [-0.15, -0.1) is 0 Å². The number of nitrogens with zero attached hydrogens (tertiary/aromatic N) is 1. The maximum absolute atomic E-state index is 2.27. The first kappa shape index (κ1) is 11.8. The molecule has 1 nitrogen and oxygen atoms in total. The number of para-hydroxylation sites is 1. The predicted octanol–water partition coefficient (Wildman–Crippen LogP) is 4.43. The molecule has 0 aliphatic rings.